The molecule has 0 aliphatic rings. The third kappa shape index (κ3) is 3.67. The summed E-state index contributed by atoms with van der Waals surface area (Å²) in [6.45, 7) is 0.389. The number of benzene rings is 1. The zero-order valence-corrected chi connectivity index (χ0v) is 9.04. The Morgan fingerprint density at radius 2 is 2.33 bits per heavy atom. The van der Waals surface area contributed by atoms with Crippen molar-refractivity contribution in [3.8, 4) is 5.75 Å². The number of rotatable bonds is 4. The molecule has 0 aromatic heterocycles. The van der Waals surface area contributed by atoms with Gasteiger partial charge in [-0.2, -0.15) is 0 Å². The highest BCUT2D eigenvalue weighted by atomic mass is 35.5. The molecule has 0 bridgehead atoms. The highest BCUT2D eigenvalue weighted by Gasteiger charge is 2.03. The monoisotopic (exact) mass is 229 g/mol. The van der Waals surface area contributed by atoms with Gasteiger partial charge in [0.15, 0.2) is 0 Å². The SMILES string of the molecule is COC(=O)CCNc1cc(Cl)ccc1O. The lowest BCUT2D eigenvalue weighted by Crippen LogP contribution is -2.09. The van der Waals surface area contributed by atoms with E-state index < -0.39 is 0 Å². The van der Waals surface area contributed by atoms with E-state index in [0.29, 0.717) is 17.3 Å². The fraction of sp³-hybridized carbons (Fsp3) is 0.300. The van der Waals surface area contributed by atoms with E-state index in [2.05, 4.69) is 10.1 Å². The van der Waals surface area contributed by atoms with Gasteiger partial charge >= 0.3 is 5.97 Å². The summed E-state index contributed by atoms with van der Waals surface area (Å²) in [6.07, 6.45) is 0.239. The van der Waals surface area contributed by atoms with Crippen molar-refractivity contribution in [2.45, 2.75) is 6.42 Å². The molecule has 1 aromatic carbocycles. The summed E-state index contributed by atoms with van der Waals surface area (Å²) in [5.74, 6) is -0.201. The number of hydrogen-bond acceptors (Lipinski definition) is 4. The minimum atomic E-state index is -0.302. The number of nitrogens with one attached hydrogen (secondary N) is 1. The summed E-state index contributed by atoms with van der Waals surface area (Å²) >= 11 is 5.74. The second-order valence-electron chi connectivity index (χ2n) is 2.91. The molecule has 15 heavy (non-hydrogen) atoms. The molecule has 0 saturated carbocycles. The van der Waals surface area contributed by atoms with Crippen LogP contribution in [-0.4, -0.2) is 24.7 Å². The molecule has 1 aromatic rings. The molecule has 4 nitrogen and oxygen atoms in total. The zero-order chi connectivity index (χ0) is 11.3. The second-order valence-corrected chi connectivity index (χ2v) is 3.35. The van der Waals surface area contributed by atoms with Crippen LogP contribution in [-0.2, 0) is 9.53 Å². The summed E-state index contributed by atoms with van der Waals surface area (Å²) in [5, 5.41) is 12.8. The number of aromatic hydroxyl groups is 1. The van der Waals surface area contributed by atoms with Crippen LogP contribution in [0, 0.1) is 0 Å². The van der Waals surface area contributed by atoms with Crippen LogP contribution in [0.5, 0.6) is 5.75 Å². The summed E-state index contributed by atoms with van der Waals surface area (Å²) in [7, 11) is 1.33. The first-order chi connectivity index (χ1) is 7.13. The van der Waals surface area contributed by atoms with Crippen LogP contribution in [0.15, 0.2) is 18.2 Å². The van der Waals surface area contributed by atoms with Gasteiger partial charge in [-0.25, -0.2) is 0 Å². The van der Waals surface area contributed by atoms with Gasteiger partial charge in [-0.1, -0.05) is 11.6 Å². The molecule has 0 atom stereocenters. The molecule has 2 N–H and O–H groups in total. The summed E-state index contributed by atoms with van der Waals surface area (Å²) < 4.78 is 4.47. The normalized spacial score (nSPS) is 9.73. The first-order valence-electron chi connectivity index (χ1n) is 4.42. The first kappa shape index (κ1) is 11.7. The van der Waals surface area contributed by atoms with Gasteiger partial charge in [0.05, 0.1) is 19.2 Å². The molecule has 0 saturated heterocycles. The Morgan fingerprint density at radius 1 is 1.60 bits per heavy atom. The molecule has 5 heteroatoms. The van der Waals surface area contributed by atoms with Gasteiger partial charge in [-0.3, -0.25) is 4.79 Å². The molecule has 0 aliphatic heterocycles. The van der Waals surface area contributed by atoms with Crippen LogP contribution in [0.1, 0.15) is 6.42 Å². The topological polar surface area (TPSA) is 58.6 Å². The molecular formula is C10H12ClNO3. The Labute approximate surface area is 92.8 Å². The molecule has 0 spiro atoms. The van der Waals surface area contributed by atoms with E-state index in [9.17, 15) is 9.90 Å². The number of hydrogen-bond donors (Lipinski definition) is 2. The Bertz CT molecular complexity index is 355. The minimum absolute atomic E-state index is 0.101. The van der Waals surface area contributed by atoms with Gasteiger partial charge in [0.2, 0.25) is 0 Å². The van der Waals surface area contributed by atoms with E-state index in [1.807, 2.05) is 0 Å². The van der Waals surface area contributed by atoms with Gasteiger partial charge in [0.25, 0.3) is 0 Å². The molecule has 82 valence electrons. The molecule has 0 heterocycles. The predicted molar refractivity (Wildman–Crippen MR) is 58.2 cm³/mol. The maximum Gasteiger partial charge on any atom is 0.307 e. The highest BCUT2D eigenvalue weighted by Crippen LogP contribution is 2.26. The minimum Gasteiger partial charge on any atom is -0.506 e. The Morgan fingerprint density at radius 3 is 3.00 bits per heavy atom. The maximum absolute atomic E-state index is 10.8. The summed E-state index contributed by atoms with van der Waals surface area (Å²) in [5.41, 5.74) is 0.506. The average Bonchev–Trinajstić information content (AvgIpc) is 2.23. The van der Waals surface area contributed by atoms with Crippen LogP contribution >= 0.6 is 11.6 Å². The highest BCUT2D eigenvalue weighted by molar-refractivity contribution is 6.30. The zero-order valence-electron chi connectivity index (χ0n) is 8.29. The molecular weight excluding hydrogens is 218 g/mol. The lowest BCUT2D eigenvalue weighted by Gasteiger charge is -2.07. The van der Waals surface area contributed by atoms with Crippen LogP contribution < -0.4 is 5.32 Å². The molecule has 1 rings (SSSR count). The van der Waals surface area contributed by atoms with Crippen molar-refractivity contribution in [2.24, 2.45) is 0 Å². The predicted octanol–water partition coefficient (Wildman–Crippen LogP) is 2.02. The van der Waals surface area contributed by atoms with Gasteiger partial charge in [-0.05, 0) is 18.2 Å². The van der Waals surface area contributed by atoms with Gasteiger partial charge in [0.1, 0.15) is 5.75 Å². The Kier molecular flexibility index (Phi) is 4.24. The van der Waals surface area contributed by atoms with Crippen LogP contribution in [0.4, 0.5) is 5.69 Å². The van der Waals surface area contributed by atoms with Crippen molar-refractivity contribution in [1.29, 1.82) is 0 Å². The fourth-order valence-electron chi connectivity index (χ4n) is 1.05. The number of methoxy groups -OCH3 is 1. The Balaban J connectivity index is 2.50. The third-order valence-corrected chi connectivity index (χ3v) is 2.07. The maximum atomic E-state index is 10.8. The van der Waals surface area contributed by atoms with E-state index in [1.165, 1.54) is 13.2 Å². The van der Waals surface area contributed by atoms with Crippen molar-refractivity contribution in [3.63, 3.8) is 0 Å². The number of phenolic OH excluding ortho intramolecular Hbond substituents is 1. The number of anilines is 1. The van der Waals surface area contributed by atoms with Crippen molar-refractivity contribution >= 4 is 23.3 Å². The number of carbonyl (C=O) groups is 1. The number of ether oxygens (including phenoxy) is 1. The molecule has 0 amide bonds. The molecule has 0 unspecified atom stereocenters. The van der Waals surface area contributed by atoms with E-state index in [1.54, 1.807) is 12.1 Å². The number of carbonyl (C=O) groups excluding carboxylic acids is 1. The standard InChI is InChI=1S/C10H12ClNO3/c1-15-10(14)4-5-12-8-6-7(11)2-3-9(8)13/h2-3,6,12-13H,4-5H2,1H3. The molecule has 0 radical (unpaired) electrons. The first-order valence-corrected chi connectivity index (χ1v) is 4.80. The average molecular weight is 230 g/mol. The quantitative estimate of drug-likeness (QED) is 0.613. The number of phenols is 1. The fourth-order valence-corrected chi connectivity index (χ4v) is 1.22. The lowest BCUT2D eigenvalue weighted by atomic mass is 10.3. The van der Waals surface area contributed by atoms with Crippen molar-refractivity contribution in [1.82, 2.24) is 0 Å². The number of halogens is 1. The van der Waals surface area contributed by atoms with Crippen molar-refractivity contribution in [3.05, 3.63) is 23.2 Å². The second kappa shape index (κ2) is 5.46. The van der Waals surface area contributed by atoms with E-state index >= 15 is 0 Å². The van der Waals surface area contributed by atoms with E-state index in [-0.39, 0.29) is 18.1 Å². The van der Waals surface area contributed by atoms with E-state index in [0.717, 1.165) is 0 Å². The lowest BCUT2D eigenvalue weighted by molar-refractivity contribution is -0.140. The Hall–Kier alpha value is -1.42. The van der Waals surface area contributed by atoms with Crippen molar-refractivity contribution < 1.29 is 14.6 Å². The summed E-state index contributed by atoms with van der Waals surface area (Å²) in [4.78, 5) is 10.8. The van der Waals surface area contributed by atoms with Crippen LogP contribution in [0.3, 0.4) is 0 Å². The van der Waals surface area contributed by atoms with Crippen molar-refractivity contribution in [2.75, 3.05) is 19.0 Å². The van der Waals surface area contributed by atoms with Crippen LogP contribution in [0.25, 0.3) is 0 Å². The largest absolute Gasteiger partial charge is 0.506 e. The van der Waals surface area contributed by atoms with Gasteiger partial charge in [-0.15, -0.1) is 0 Å². The van der Waals surface area contributed by atoms with Crippen LogP contribution in [0.2, 0.25) is 5.02 Å². The third-order valence-electron chi connectivity index (χ3n) is 1.83. The smallest absolute Gasteiger partial charge is 0.307 e. The van der Waals surface area contributed by atoms with Gasteiger partial charge in [0, 0.05) is 11.6 Å². The number of esters is 1. The molecule has 0 fully saturated rings. The van der Waals surface area contributed by atoms with Gasteiger partial charge < -0.3 is 15.2 Å². The molecule has 0 aliphatic carbocycles. The summed E-state index contributed by atoms with van der Waals surface area (Å²) in [6, 6.07) is 4.67. The van der Waals surface area contributed by atoms with E-state index in [4.69, 9.17) is 11.6 Å².